The number of hydrogen-bond acceptors (Lipinski definition) is 14. The predicted molar refractivity (Wildman–Crippen MR) is 314 cm³/mol. The van der Waals surface area contributed by atoms with Gasteiger partial charge in [-0.25, -0.2) is 13.9 Å². The first-order chi connectivity index (χ1) is 38.6. The monoisotopic (exact) mass is 1180 g/mol. The maximum Gasteiger partial charge on any atom is 0.536 e. The fourth-order valence-electron chi connectivity index (χ4n) is 8.75. The first-order valence-electron chi connectivity index (χ1n) is 27.9. The number of quaternary nitrogens is 1. The first kappa shape index (κ1) is 66.5. The molecule has 4 N–H and O–H groups in total. The zero-order valence-corrected chi connectivity index (χ0v) is 50.3. The first-order valence-corrected chi connectivity index (χ1v) is 32.3. The number of phosphoric acid groups is 3. The minimum absolute atomic E-state index is 0.126. The molecule has 0 radical (unpaired) electrons. The smallest absolute Gasteiger partial charge is 0.536 e. The molecule has 0 saturated carbocycles. The van der Waals surface area contributed by atoms with Crippen LogP contribution in [0.25, 0.3) is 16.5 Å². The van der Waals surface area contributed by atoms with Crippen molar-refractivity contribution >= 4 is 57.6 Å². The average Bonchev–Trinajstić information content (AvgIpc) is 3.42. The number of hydrogen-bond donors (Lipinski definition) is 4. The van der Waals surface area contributed by atoms with Gasteiger partial charge in [0.1, 0.15) is 31.3 Å². The summed E-state index contributed by atoms with van der Waals surface area (Å²) < 4.78 is 72.7. The van der Waals surface area contributed by atoms with Crippen molar-refractivity contribution < 1.29 is 74.3 Å². The van der Waals surface area contributed by atoms with Crippen LogP contribution >= 0.6 is 23.5 Å². The molecule has 5 aromatic rings. The Labute approximate surface area is 478 Å². The normalized spacial score (nSPS) is 13.9. The van der Waals surface area contributed by atoms with Gasteiger partial charge in [-0.05, 0) is 103 Å². The van der Waals surface area contributed by atoms with Gasteiger partial charge in [0.2, 0.25) is 0 Å². The van der Waals surface area contributed by atoms with E-state index in [1.807, 2.05) is 76.6 Å². The summed E-state index contributed by atoms with van der Waals surface area (Å²) in [6.07, 6.45) is 18.7. The zero-order chi connectivity index (χ0) is 58.7. The van der Waals surface area contributed by atoms with Crippen LogP contribution < -0.4 is 24.8 Å². The summed E-state index contributed by atoms with van der Waals surface area (Å²) in [7, 11) is -7.11. The molecule has 0 aliphatic heterocycles. The summed E-state index contributed by atoms with van der Waals surface area (Å²) in [6.45, 7) is 6.24. The standard InChI is InChI=1S/C59H83N4O15P3/c1-46-43-54(53-26-22-23-27-55(53)61-46)47(2)51-34-37-57(72-6)56(44-51)62-59(65)73-45-49-30-35-52(36-31-49)77-81(70,71)78-80(68,69)75-41-38-60-58(64)50-32-28-48(29-33-50)25-21-19-17-15-13-11-9-7-8-10-12-14-16-18-20-24-40-74-79(66,67)76-42-39-63(3,4)5/h22-23,26-37,43-44H,2,7-21,24-25,38-42,45H2,1,3-6H3,(H4-,60,62,64,65,66,67,68,69,70,71). The Morgan fingerprint density at radius 1 is 0.667 bits per heavy atom. The van der Waals surface area contributed by atoms with Crippen LogP contribution in [0.1, 0.15) is 141 Å². The number of rotatable bonds is 39. The Morgan fingerprint density at radius 3 is 1.85 bits per heavy atom. The number of aromatic nitrogens is 1. The summed E-state index contributed by atoms with van der Waals surface area (Å²) in [5.74, 6) is -0.223. The van der Waals surface area contributed by atoms with Gasteiger partial charge in [-0.15, -0.1) is 0 Å². The molecule has 0 bridgehead atoms. The molecule has 4 aromatic carbocycles. The third-order valence-electron chi connectivity index (χ3n) is 13.2. The third-order valence-corrected chi connectivity index (χ3v) is 16.8. The molecule has 0 aliphatic rings. The molecule has 1 aromatic heterocycles. The van der Waals surface area contributed by atoms with Gasteiger partial charge in [0.25, 0.3) is 13.7 Å². The van der Waals surface area contributed by atoms with Gasteiger partial charge in [-0.2, -0.15) is 4.31 Å². The van der Waals surface area contributed by atoms with E-state index < -0.39 is 42.1 Å². The molecular weight excluding hydrogens is 1100 g/mol. The largest absolute Gasteiger partial charge is 0.756 e. The van der Waals surface area contributed by atoms with Crippen LogP contribution in [0.4, 0.5) is 10.5 Å². The van der Waals surface area contributed by atoms with E-state index in [9.17, 15) is 38.0 Å². The fraction of sp³-hybridized carbons (Fsp3) is 0.475. The van der Waals surface area contributed by atoms with Gasteiger partial charge in [0.05, 0.1) is 52.7 Å². The number of carbonyl (C=O) groups excluding carboxylic acids is 2. The molecule has 0 aliphatic carbocycles. The number of benzene rings is 4. The molecule has 22 heteroatoms. The van der Waals surface area contributed by atoms with Gasteiger partial charge >= 0.3 is 21.7 Å². The number of likely N-dealkylation sites (N-methyl/N-ethyl adjacent to an activating group) is 1. The molecule has 0 spiro atoms. The quantitative estimate of drug-likeness (QED) is 0.0162. The number of methoxy groups -OCH3 is 1. The number of nitrogens with zero attached hydrogens (tertiary/aromatic N) is 2. The second-order valence-corrected chi connectivity index (χ2v) is 25.4. The van der Waals surface area contributed by atoms with Crippen LogP contribution in [0, 0.1) is 6.92 Å². The lowest BCUT2D eigenvalue weighted by atomic mass is 9.95. The molecular formula is C59H83N4O15P3. The number of pyridine rings is 1. The van der Waals surface area contributed by atoms with E-state index in [1.54, 1.807) is 24.3 Å². The maximum absolute atomic E-state index is 12.9. The Kier molecular flexibility index (Phi) is 27.7. The summed E-state index contributed by atoms with van der Waals surface area (Å²) in [5, 5.41) is 6.23. The van der Waals surface area contributed by atoms with Gasteiger partial charge in [0, 0.05) is 23.2 Å². The van der Waals surface area contributed by atoms with Crippen molar-refractivity contribution in [3.8, 4) is 11.5 Å². The molecule has 5 rings (SSSR count). The summed E-state index contributed by atoms with van der Waals surface area (Å²) in [6, 6.07) is 27.7. The second-order valence-electron chi connectivity index (χ2n) is 21.0. The highest BCUT2D eigenvalue weighted by atomic mass is 31.3. The molecule has 0 fully saturated rings. The Bertz CT molecular complexity index is 2920. The predicted octanol–water partition coefficient (Wildman–Crippen LogP) is 13.4. The minimum atomic E-state index is -5.18. The minimum Gasteiger partial charge on any atom is -0.756 e. The lowest BCUT2D eigenvalue weighted by Gasteiger charge is -2.27. The number of unbranched alkanes of at least 4 members (excludes halogenated alkanes) is 15. The van der Waals surface area contributed by atoms with E-state index in [2.05, 4.69) is 26.5 Å². The highest BCUT2D eigenvalue weighted by molar-refractivity contribution is 7.61. The average molecular weight is 1180 g/mol. The molecule has 19 nitrogen and oxygen atoms in total. The molecule has 2 amide bonds. The van der Waals surface area contributed by atoms with Gasteiger partial charge in [0.15, 0.2) is 0 Å². The maximum atomic E-state index is 12.9. The molecule has 0 saturated heterocycles. The van der Waals surface area contributed by atoms with Crippen molar-refractivity contribution in [3.05, 3.63) is 137 Å². The number of para-hydroxylation sites is 1. The SMILES string of the molecule is C=C(c1ccc(OC)c(NC(=O)OCc2ccc(OP(=O)(O)OP(=O)(O)OCCNC(=O)c3ccc(CCCCCCCCCCCCCCCCCCOP(=O)([O-])OCC[N+](C)(C)C)cc3)cc2)c1)c1cc(C)nc2ccccc12. The van der Waals surface area contributed by atoms with Crippen molar-refractivity contribution in [2.75, 3.05) is 66.5 Å². The van der Waals surface area contributed by atoms with Crippen LogP contribution in [-0.4, -0.2) is 92.4 Å². The third kappa shape index (κ3) is 25.8. The van der Waals surface area contributed by atoms with Crippen molar-refractivity contribution in [2.24, 2.45) is 0 Å². The molecule has 81 heavy (non-hydrogen) atoms. The Hall–Kier alpha value is -5.26. The number of nitrogens with one attached hydrogen (secondary N) is 2. The molecule has 3 atom stereocenters. The Balaban J connectivity index is 0.867. The number of ether oxygens (including phenoxy) is 2. The van der Waals surface area contributed by atoms with E-state index in [4.69, 9.17) is 27.6 Å². The highest BCUT2D eigenvalue weighted by Gasteiger charge is 2.36. The van der Waals surface area contributed by atoms with E-state index in [-0.39, 0.29) is 32.1 Å². The topological polar surface area (TPSA) is 250 Å². The zero-order valence-electron chi connectivity index (χ0n) is 47.6. The number of amides is 2. The van der Waals surface area contributed by atoms with Gasteiger partial charge in [-0.1, -0.05) is 145 Å². The number of carbonyl (C=O) groups is 2. The molecule has 3 unspecified atom stereocenters. The van der Waals surface area contributed by atoms with Crippen molar-refractivity contribution in [1.82, 2.24) is 10.3 Å². The van der Waals surface area contributed by atoms with Crippen LogP contribution in [0.5, 0.6) is 11.5 Å². The van der Waals surface area contributed by atoms with Crippen LogP contribution in [-0.2, 0) is 49.3 Å². The van der Waals surface area contributed by atoms with Crippen molar-refractivity contribution in [2.45, 2.75) is 123 Å². The number of aryl methyl sites for hydroxylation is 2. The molecule has 1 heterocycles. The lowest BCUT2D eigenvalue weighted by Crippen LogP contribution is -2.37. The summed E-state index contributed by atoms with van der Waals surface area (Å²) in [4.78, 5) is 62.5. The van der Waals surface area contributed by atoms with Crippen LogP contribution in [0.2, 0.25) is 0 Å². The molecule has 444 valence electrons. The number of anilines is 1. The van der Waals surface area contributed by atoms with E-state index in [0.717, 1.165) is 77.4 Å². The number of fused-ring (bicyclic) bond motifs is 1. The fourth-order valence-corrected chi connectivity index (χ4v) is 11.6. The van der Waals surface area contributed by atoms with Crippen molar-refractivity contribution in [3.63, 3.8) is 0 Å². The Morgan fingerprint density at radius 2 is 1.23 bits per heavy atom. The van der Waals surface area contributed by atoms with E-state index in [1.165, 1.54) is 102 Å². The summed E-state index contributed by atoms with van der Waals surface area (Å²) >= 11 is 0. The second kappa shape index (κ2) is 33.7. The summed E-state index contributed by atoms with van der Waals surface area (Å²) in [5.41, 5.74) is 6.38. The van der Waals surface area contributed by atoms with Gasteiger partial charge < -0.3 is 42.6 Å². The van der Waals surface area contributed by atoms with E-state index >= 15 is 0 Å². The lowest BCUT2D eigenvalue weighted by molar-refractivity contribution is -0.870. The van der Waals surface area contributed by atoms with Crippen molar-refractivity contribution in [1.29, 1.82) is 0 Å². The van der Waals surface area contributed by atoms with E-state index in [0.29, 0.717) is 33.6 Å². The van der Waals surface area contributed by atoms with Crippen LogP contribution in [0.3, 0.4) is 0 Å². The highest BCUT2D eigenvalue weighted by Crippen LogP contribution is 2.60. The van der Waals surface area contributed by atoms with Gasteiger partial charge in [-0.3, -0.25) is 29.1 Å². The van der Waals surface area contributed by atoms with Crippen LogP contribution in [0.15, 0.2) is 104 Å². The number of phosphoric ester groups is 3.